The quantitative estimate of drug-likeness (QED) is 0.530. The lowest BCUT2D eigenvalue weighted by atomic mass is 10.2. The molecule has 2 heterocycles. The van der Waals surface area contributed by atoms with Gasteiger partial charge >= 0.3 is 6.61 Å². The van der Waals surface area contributed by atoms with Crippen LogP contribution in [0, 0.1) is 0 Å². The van der Waals surface area contributed by atoms with Crippen LogP contribution in [0.1, 0.15) is 5.56 Å². The zero-order valence-electron chi connectivity index (χ0n) is 14.8. The van der Waals surface area contributed by atoms with Crippen LogP contribution < -0.4 is 4.74 Å². The Bertz CT molecular complexity index is 907. The second-order valence-electron chi connectivity index (χ2n) is 5.67. The van der Waals surface area contributed by atoms with Crippen molar-refractivity contribution in [3.63, 3.8) is 0 Å². The van der Waals surface area contributed by atoms with E-state index in [4.69, 9.17) is 4.42 Å². The van der Waals surface area contributed by atoms with Crippen LogP contribution in [0.25, 0.3) is 11.5 Å². The lowest BCUT2D eigenvalue weighted by Crippen LogP contribution is -2.27. The molecule has 3 rings (SSSR count). The van der Waals surface area contributed by atoms with Crippen molar-refractivity contribution in [3.8, 4) is 17.2 Å². The summed E-state index contributed by atoms with van der Waals surface area (Å²) in [6.45, 7) is -2.53. The number of carbonyl (C=O) groups is 1. The molecule has 0 unspecified atom stereocenters. The molecule has 10 heteroatoms. The van der Waals surface area contributed by atoms with Gasteiger partial charge in [-0.1, -0.05) is 23.9 Å². The summed E-state index contributed by atoms with van der Waals surface area (Å²) in [6, 6.07) is 9.64. The Labute approximate surface area is 163 Å². The van der Waals surface area contributed by atoms with Crippen LogP contribution in [0.2, 0.25) is 0 Å². The molecule has 0 saturated heterocycles. The van der Waals surface area contributed by atoms with Crippen molar-refractivity contribution in [3.05, 3.63) is 54.4 Å². The molecule has 3 aromatic rings. The Balaban J connectivity index is 1.50. The monoisotopic (exact) mass is 406 g/mol. The largest absolute Gasteiger partial charge is 0.435 e. The number of amides is 1. The molecule has 1 aromatic carbocycles. The van der Waals surface area contributed by atoms with Gasteiger partial charge in [-0.3, -0.25) is 9.78 Å². The zero-order valence-corrected chi connectivity index (χ0v) is 15.6. The molecule has 0 fully saturated rings. The maximum Gasteiger partial charge on any atom is 0.387 e. The van der Waals surface area contributed by atoms with Gasteiger partial charge in [0.05, 0.1) is 5.75 Å². The van der Waals surface area contributed by atoms with Crippen LogP contribution in [-0.2, 0) is 11.3 Å². The highest BCUT2D eigenvalue weighted by molar-refractivity contribution is 7.99. The second-order valence-corrected chi connectivity index (χ2v) is 6.60. The number of ether oxygens (including phenoxy) is 1. The van der Waals surface area contributed by atoms with E-state index in [0.29, 0.717) is 17.7 Å². The molecule has 0 radical (unpaired) electrons. The van der Waals surface area contributed by atoms with Crippen molar-refractivity contribution < 1.29 is 22.7 Å². The van der Waals surface area contributed by atoms with E-state index < -0.39 is 6.61 Å². The first kappa shape index (κ1) is 19.7. The molecule has 0 spiro atoms. The summed E-state index contributed by atoms with van der Waals surface area (Å²) in [4.78, 5) is 17.7. The smallest absolute Gasteiger partial charge is 0.387 e. The van der Waals surface area contributed by atoms with Crippen LogP contribution in [0.4, 0.5) is 8.78 Å². The van der Waals surface area contributed by atoms with E-state index in [1.54, 1.807) is 43.7 Å². The standard InChI is InChI=1S/C18H16F2N4O3S/c1-24(10-12-2-4-14(5-3-12)26-17(19)20)15(25)11-28-18-23-22-16(27-18)13-6-8-21-9-7-13/h2-9,17H,10-11H2,1H3. The Morgan fingerprint density at radius 3 is 2.57 bits per heavy atom. The van der Waals surface area contributed by atoms with Crippen molar-refractivity contribution >= 4 is 17.7 Å². The molecule has 0 saturated carbocycles. The first-order valence-electron chi connectivity index (χ1n) is 8.15. The van der Waals surface area contributed by atoms with Gasteiger partial charge in [0.2, 0.25) is 11.8 Å². The molecule has 0 N–H and O–H groups in total. The van der Waals surface area contributed by atoms with Gasteiger partial charge in [-0.2, -0.15) is 8.78 Å². The van der Waals surface area contributed by atoms with Gasteiger partial charge in [-0.25, -0.2) is 0 Å². The van der Waals surface area contributed by atoms with Crippen LogP contribution in [0.3, 0.4) is 0 Å². The first-order valence-corrected chi connectivity index (χ1v) is 9.14. The third kappa shape index (κ3) is 5.49. The van der Waals surface area contributed by atoms with Gasteiger partial charge in [-0.05, 0) is 29.8 Å². The topological polar surface area (TPSA) is 81.4 Å². The number of alkyl halides is 2. The molecular weight excluding hydrogens is 390 g/mol. The number of carbonyl (C=O) groups excluding carboxylic acids is 1. The minimum Gasteiger partial charge on any atom is -0.435 e. The van der Waals surface area contributed by atoms with Crippen molar-refractivity contribution in [2.75, 3.05) is 12.8 Å². The van der Waals surface area contributed by atoms with Crippen LogP contribution in [-0.4, -0.2) is 45.4 Å². The predicted molar refractivity (Wildman–Crippen MR) is 97.8 cm³/mol. The minimum atomic E-state index is -2.86. The summed E-state index contributed by atoms with van der Waals surface area (Å²) in [5.41, 5.74) is 1.54. The van der Waals surface area contributed by atoms with E-state index in [1.165, 1.54) is 17.0 Å². The number of thioether (sulfide) groups is 1. The van der Waals surface area contributed by atoms with Crippen LogP contribution in [0.5, 0.6) is 5.75 Å². The Morgan fingerprint density at radius 2 is 1.89 bits per heavy atom. The van der Waals surface area contributed by atoms with E-state index in [0.717, 1.165) is 22.9 Å². The number of halogens is 2. The number of pyridine rings is 1. The first-order chi connectivity index (χ1) is 13.5. The number of rotatable bonds is 8. The third-order valence-corrected chi connectivity index (χ3v) is 4.45. The minimum absolute atomic E-state index is 0.0738. The molecule has 0 aliphatic carbocycles. The van der Waals surface area contributed by atoms with E-state index in [1.807, 2.05) is 0 Å². The lowest BCUT2D eigenvalue weighted by molar-refractivity contribution is -0.127. The predicted octanol–water partition coefficient (Wildman–Crippen LogP) is 3.48. The average molecular weight is 406 g/mol. The number of nitrogens with zero attached hydrogens (tertiary/aromatic N) is 4. The maximum atomic E-state index is 12.3. The summed E-state index contributed by atoms with van der Waals surface area (Å²) >= 11 is 1.14. The summed E-state index contributed by atoms with van der Waals surface area (Å²) in [5, 5.41) is 8.16. The number of benzene rings is 1. The molecule has 7 nitrogen and oxygen atoms in total. The molecule has 28 heavy (non-hydrogen) atoms. The fraction of sp³-hybridized carbons (Fsp3) is 0.222. The average Bonchev–Trinajstić information content (AvgIpc) is 3.17. The SMILES string of the molecule is CN(Cc1ccc(OC(F)F)cc1)C(=O)CSc1nnc(-c2ccncc2)o1. The van der Waals surface area contributed by atoms with Gasteiger partial charge in [0, 0.05) is 31.5 Å². The lowest BCUT2D eigenvalue weighted by Gasteiger charge is -2.17. The maximum absolute atomic E-state index is 12.3. The van der Waals surface area contributed by atoms with Crippen molar-refractivity contribution in [2.45, 2.75) is 18.4 Å². The Morgan fingerprint density at radius 1 is 1.18 bits per heavy atom. The number of aromatic nitrogens is 3. The highest BCUT2D eigenvalue weighted by Crippen LogP contribution is 2.23. The van der Waals surface area contributed by atoms with Crippen molar-refractivity contribution in [2.24, 2.45) is 0 Å². The molecular formula is C18H16F2N4O3S. The normalized spacial score (nSPS) is 10.9. The van der Waals surface area contributed by atoms with Gasteiger partial charge in [-0.15, -0.1) is 10.2 Å². The molecule has 0 aliphatic heterocycles. The fourth-order valence-corrected chi connectivity index (χ4v) is 2.96. The Kier molecular flexibility index (Phi) is 6.53. The molecule has 146 valence electrons. The van der Waals surface area contributed by atoms with Crippen LogP contribution >= 0.6 is 11.8 Å². The van der Waals surface area contributed by atoms with Gasteiger partial charge in [0.15, 0.2) is 0 Å². The summed E-state index contributed by atoms with van der Waals surface area (Å²) < 4.78 is 34.2. The second kappa shape index (κ2) is 9.27. The van der Waals surface area contributed by atoms with Gasteiger partial charge < -0.3 is 14.1 Å². The molecule has 2 aromatic heterocycles. The molecule has 1 amide bonds. The van der Waals surface area contributed by atoms with Gasteiger partial charge in [0.1, 0.15) is 5.75 Å². The fourth-order valence-electron chi connectivity index (χ4n) is 2.25. The number of hydrogen-bond donors (Lipinski definition) is 0. The third-order valence-electron chi connectivity index (χ3n) is 3.65. The van der Waals surface area contributed by atoms with Crippen molar-refractivity contribution in [1.29, 1.82) is 0 Å². The highest BCUT2D eigenvalue weighted by atomic mass is 32.2. The zero-order chi connectivity index (χ0) is 19.9. The molecule has 0 aliphatic rings. The molecule has 0 atom stereocenters. The van der Waals surface area contributed by atoms with E-state index in [-0.39, 0.29) is 17.4 Å². The molecule has 0 bridgehead atoms. The van der Waals surface area contributed by atoms with E-state index >= 15 is 0 Å². The summed E-state index contributed by atoms with van der Waals surface area (Å²) in [5.74, 6) is 0.421. The Hall–Kier alpha value is -3.01. The van der Waals surface area contributed by atoms with Gasteiger partial charge in [0.25, 0.3) is 5.22 Å². The van der Waals surface area contributed by atoms with E-state index in [9.17, 15) is 13.6 Å². The summed E-state index contributed by atoms with van der Waals surface area (Å²) in [6.07, 6.45) is 3.24. The summed E-state index contributed by atoms with van der Waals surface area (Å²) in [7, 11) is 1.66. The van der Waals surface area contributed by atoms with E-state index in [2.05, 4.69) is 19.9 Å². The van der Waals surface area contributed by atoms with Crippen LogP contribution in [0.15, 0.2) is 58.4 Å². The number of hydrogen-bond acceptors (Lipinski definition) is 7. The van der Waals surface area contributed by atoms with Crippen molar-refractivity contribution in [1.82, 2.24) is 20.1 Å². The highest BCUT2D eigenvalue weighted by Gasteiger charge is 2.14.